The molecule has 0 aromatic heterocycles. The maximum absolute atomic E-state index is 11.2. The third kappa shape index (κ3) is 9.35. The quantitative estimate of drug-likeness (QED) is 0.385. The van der Waals surface area contributed by atoms with Crippen LogP contribution in [0.1, 0.15) is 92.3 Å². The van der Waals surface area contributed by atoms with Crippen LogP contribution in [0.15, 0.2) is 30.3 Å². The minimum atomic E-state index is -4.84. The molecular weight excluding hydrogens is 367 g/mol. The van der Waals surface area contributed by atoms with Crippen LogP contribution in [0.2, 0.25) is 0 Å². The first kappa shape index (κ1) is 25.6. The van der Waals surface area contributed by atoms with E-state index in [1.54, 1.807) is 0 Å². The fourth-order valence-corrected chi connectivity index (χ4v) is 7.44. The average molecular weight is 413 g/mol. The van der Waals surface area contributed by atoms with Crippen molar-refractivity contribution in [2.45, 2.75) is 86.7 Å². The van der Waals surface area contributed by atoms with Gasteiger partial charge in [0.1, 0.15) is 0 Å². The Morgan fingerprint density at radius 1 is 0.786 bits per heavy atom. The van der Waals surface area contributed by atoms with Crippen molar-refractivity contribution in [3.05, 3.63) is 35.9 Å². The summed E-state index contributed by atoms with van der Waals surface area (Å²) in [5.41, 5.74) is 0.568. The minimum absolute atomic E-state index is 0.0741. The predicted octanol–water partition coefficient (Wildman–Crippen LogP) is 6.93. The van der Waals surface area contributed by atoms with Crippen LogP contribution in [0.4, 0.5) is 0 Å². The van der Waals surface area contributed by atoms with E-state index in [9.17, 15) is 14.7 Å². The summed E-state index contributed by atoms with van der Waals surface area (Å²) in [4.78, 5) is 33.7. The van der Waals surface area contributed by atoms with Crippen LogP contribution in [-0.2, 0) is 0 Å². The van der Waals surface area contributed by atoms with Crippen LogP contribution in [0.5, 0.6) is 0 Å². The standard InChI is InChI=1S/C24H45O3P/c1-19(17-23(3,4)5)14-15-28(25,26,27)22(21-12-10-9-11-13-21)16-20(2)18-24(6,7)8/h9-13,19-20,22,25-27H,14-18H2,1-8H3. The third-order valence-corrected chi connectivity index (χ3v) is 8.32. The first-order valence-corrected chi connectivity index (χ1v) is 13.1. The van der Waals surface area contributed by atoms with E-state index < -0.39 is 12.9 Å². The second-order valence-corrected chi connectivity index (χ2v) is 15.1. The fourth-order valence-electron chi connectivity index (χ4n) is 4.61. The predicted molar refractivity (Wildman–Crippen MR) is 123 cm³/mol. The van der Waals surface area contributed by atoms with E-state index in [1.165, 1.54) is 0 Å². The van der Waals surface area contributed by atoms with Gasteiger partial charge in [-0.25, -0.2) is 0 Å². The van der Waals surface area contributed by atoms with Crippen LogP contribution < -0.4 is 0 Å². The maximum atomic E-state index is 11.2. The Kier molecular flexibility index (Phi) is 8.33. The molecule has 0 fully saturated rings. The van der Waals surface area contributed by atoms with E-state index in [1.807, 2.05) is 30.3 Å². The number of benzene rings is 1. The van der Waals surface area contributed by atoms with E-state index in [2.05, 4.69) is 55.4 Å². The summed E-state index contributed by atoms with van der Waals surface area (Å²) < 4.78 is 0. The van der Waals surface area contributed by atoms with Gasteiger partial charge in [0, 0.05) is 0 Å². The van der Waals surface area contributed by atoms with Crippen molar-refractivity contribution >= 4 is 7.28 Å². The molecule has 0 spiro atoms. The molecule has 3 nitrogen and oxygen atoms in total. The Morgan fingerprint density at radius 2 is 1.25 bits per heavy atom. The molecule has 0 amide bonds. The number of rotatable bonds is 9. The zero-order valence-corrected chi connectivity index (χ0v) is 20.3. The SMILES string of the molecule is CC(CCP(O)(O)(O)C(CC(C)CC(C)(C)C)c1ccccc1)CC(C)(C)C. The zero-order chi connectivity index (χ0) is 21.8. The molecule has 1 aromatic rings. The van der Waals surface area contributed by atoms with Crippen molar-refractivity contribution in [1.29, 1.82) is 0 Å². The van der Waals surface area contributed by atoms with Crippen molar-refractivity contribution in [2.24, 2.45) is 22.7 Å². The molecular formula is C24H45O3P. The number of hydrogen-bond acceptors (Lipinski definition) is 3. The van der Waals surface area contributed by atoms with Gasteiger partial charge < -0.3 is 0 Å². The molecule has 0 aliphatic rings. The normalized spacial score (nSPS) is 18.2. The van der Waals surface area contributed by atoms with Gasteiger partial charge in [-0.05, 0) is 0 Å². The van der Waals surface area contributed by atoms with Gasteiger partial charge in [-0.2, -0.15) is 0 Å². The molecule has 3 unspecified atom stereocenters. The van der Waals surface area contributed by atoms with Crippen molar-refractivity contribution in [3.8, 4) is 0 Å². The van der Waals surface area contributed by atoms with Gasteiger partial charge in [-0.3, -0.25) is 0 Å². The van der Waals surface area contributed by atoms with Crippen molar-refractivity contribution in [3.63, 3.8) is 0 Å². The van der Waals surface area contributed by atoms with Crippen molar-refractivity contribution in [1.82, 2.24) is 0 Å². The van der Waals surface area contributed by atoms with Gasteiger partial charge in [-0.1, -0.05) is 0 Å². The summed E-state index contributed by atoms with van der Waals surface area (Å²) >= 11 is 0. The summed E-state index contributed by atoms with van der Waals surface area (Å²) in [6.07, 6.45) is 3.25. The second kappa shape index (κ2) is 9.13. The van der Waals surface area contributed by atoms with Gasteiger partial charge in [0.15, 0.2) is 0 Å². The molecule has 28 heavy (non-hydrogen) atoms. The van der Waals surface area contributed by atoms with Gasteiger partial charge in [0.2, 0.25) is 0 Å². The van der Waals surface area contributed by atoms with Gasteiger partial charge in [0.05, 0.1) is 0 Å². The monoisotopic (exact) mass is 412 g/mol. The van der Waals surface area contributed by atoms with Crippen LogP contribution in [0, 0.1) is 22.7 Å². The van der Waals surface area contributed by atoms with Gasteiger partial charge in [0.25, 0.3) is 0 Å². The molecule has 3 atom stereocenters. The zero-order valence-electron chi connectivity index (χ0n) is 19.4. The molecule has 164 valence electrons. The molecule has 0 saturated heterocycles. The molecule has 0 aliphatic carbocycles. The Morgan fingerprint density at radius 3 is 1.71 bits per heavy atom. The third-order valence-electron chi connectivity index (χ3n) is 5.42. The molecule has 4 heteroatoms. The van der Waals surface area contributed by atoms with Crippen molar-refractivity contribution < 1.29 is 14.7 Å². The van der Waals surface area contributed by atoms with E-state index in [-0.39, 0.29) is 22.9 Å². The summed E-state index contributed by atoms with van der Waals surface area (Å²) in [6, 6.07) is 9.57. The molecule has 0 heterocycles. The first-order valence-electron chi connectivity index (χ1n) is 10.8. The van der Waals surface area contributed by atoms with Crippen LogP contribution >= 0.6 is 7.28 Å². The van der Waals surface area contributed by atoms with E-state index in [4.69, 9.17) is 0 Å². The summed E-state index contributed by atoms with van der Waals surface area (Å²) in [5.74, 6) is 0.613. The summed E-state index contributed by atoms with van der Waals surface area (Å²) in [6.45, 7) is 17.5. The van der Waals surface area contributed by atoms with Gasteiger partial charge >= 0.3 is 173 Å². The summed E-state index contributed by atoms with van der Waals surface area (Å²) in [7, 11) is -4.84. The summed E-state index contributed by atoms with van der Waals surface area (Å²) in [5, 5.41) is 0. The van der Waals surface area contributed by atoms with Crippen LogP contribution in [0.3, 0.4) is 0 Å². The van der Waals surface area contributed by atoms with Crippen molar-refractivity contribution in [2.75, 3.05) is 6.16 Å². The Bertz CT molecular complexity index is 590. The van der Waals surface area contributed by atoms with Crippen LogP contribution in [0.25, 0.3) is 0 Å². The van der Waals surface area contributed by atoms with E-state index in [0.29, 0.717) is 18.8 Å². The Hall–Kier alpha value is -0.470. The van der Waals surface area contributed by atoms with Gasteiger partial charge in [-0.15, -0.1) is 0 Å². The molecule has 1 rings (SSSR count). The molecule has 0 aliphatic heterocycles. The molecule has 0 saturated carbocycles. The Balaban J connectivity index is 3.05. The Labute approximate surface area is 173 Å². The second-order valence-electron chi connectivity index (χ2n) is 11.6. The molecule has 1 aromatic carbocycles. The fraction of sp³-hybridized carbons (Fsp3) is 0.750. The van der Waals surface area contributed by atoms with E-state index in [0.717, 1.165) is 18.4 Å². The molecule has 0 bridgehead atoms. The molecule has 3 N–H and O–H groups in total. The molecule has 0 radical (unpaired) electrons. The van der Waals surface area contributed by atoms with Crippen LogP contribution in [-0.4, -0.2) is 20.8 Å². The number of hydrogen-bond donors (Lipinski definition) is 3. The van der Waals surface area contributed by atoms with E-state index >= 15 is 0 Å². The first-order chi connectivity index (χ1) is 12.5. The average Bonchev–Trinajstić information content (AvgIpc) is 2.48. The topological polar surface area (TPSA) is 60.7 Å².